The fourth-order valence-electron chi connectivity index (χ4n) is 1.27. The van der Waals surface area contributed by atoms with Gasteiger partial charge in [-0.25, -0.2) is 0 Å². The first-order valence-electron chi connectivity index (χ1n) is 4.59. The zero-order chi connectivity index (χ0) is 11.5. The van der Waals surface area contributed by atoms with E-state index in [0.29, 0.717) is 16.6 Å². The molecule has 0 aliphatic carbocycles. The molecule has 0 spiro atoms. The van der Waals surface area contributed by atoms with Crippen molar-refractivity contribution < 1.29 is 0 Å². The number of anilines is 1. The standard InChI is InChI=1S/C11H8Cl3NS/c12-8-2-1-3-9(11(8)14)15-6-7-4-5-10(13)16-7/h1-5,15H,6H2. The van der Waals surface area contributed by atoms with Crippen LogP contribution in [0.15, 0.2) is 30.3 Å². The summed E-state index contributed by atoms with van der Waals surface area (Å²) in [6, 6.07) is 9.37. The third kappa shape index (κ3) is 2.83. The number of rotatable bonds is 3. The van der Waals surface area contributed by atoms with Gasteiger partial charge in [0.1, 0.15) is 0 Å². The third-order valence-electron chi connectivity index (χ3n) is 2.03. The first-order chi connectivity index (χ1) is 7.66. The highest BCUT2D eigenvalue weighted by Gasteiger charge is 2.04. The summed E-state index contributed by atoms with van der Waals surface area (Å²) in [4.78, 5) is 1.15. The van der Waals surface area contributed by atoms with Crippen LogP contribution < -0.4 is 5.32 Å². The van der Waals surface area contributed by atoms with Crippen LogP contribution in [0.4, 0.5) is 5.69 Å². The second-order valence-electron chi connectivity index (χ2n) is 3.16. The minimum atomic E-state index is 0.548. The van der Waals surface area contributed by atoms with Crippen LogP contribution >= 0.6 is 46.1 Å². The zero-order valence-corrected chi connectivity index (χ0v) is 11.2. The lowest BCUT2D eigenvalue weighted by atomic mass is 10.3. The summed E-state index contributed by atoms with van der Waals surface area (Å²) in [5.41, 5.74) is 0.832. The van der Waals surface area contributed by atoms with Crippen LogP contribution in [0.5, 0.6) is 0 Å². The van der Waals surface area contributed by atoms with Gasteiger partial charge in [0, 0.05) is 11.4 Å². The van der Waals surface area contributed by atoms with Gasteiger partial charge < -0.3 is 5.32 Å². The number of benzene rings is 1. The van der Waals surface area contributed by atoms with E-state index in [1.807, 2.05) is 24.3 Å². The van der Waals surface area contributed by atoms with E-state index in [1.54, 1.807) is 17.4 Å². The van der Waals surface area contributed by atoms with Gasteiger partial charge in [0.15, 0.2) is 0 Å². The number of hydrogen-bond donors (Lipinski definition) is 1. The monoisotopic (exact) mass is 291 g/mol. The molecule has 0 bridgehead atoms. The van der Waals surface area contributed by atoms with E-state index in [0.717, 1.165) is 14.9 Å². The quantitative estimate of drug-likeness (QED) is 0.807. The van der Waals surface area contributed by atoms with Crippen molar-refractivity contribution in [2.75, 3.05) is 5.32 Å². The predicted molar refractivity (Wildman–Crippen MR) is 73.1 cm³/mol. The minimum Gasteiger partial charge on any atom is -0.379 e. The van der Waals surface area contributed by atoms with E-state index in [-0.39, 0.29) is 0 Å². The molecule has 84 valence electrons. The molecule has 1 nitrogen and oxygen atoms in total. The molecule has 1 heterocycles. The topological polar surface area (TPSA) is 12.0 Å². The molecular weight excluding hydrogens is 285 g/mol. The van der Waals surface area contributed by atoms with Crippen molar-refractivity contribution in [2.24, 2.45) is 0 Å². The molecule has 0 atom stereocenters. The molecule has 1 aromatic heterocycles. The van der Waals surface area contributed by atoms with E-state index >= 15 is 0 Å². The lowest BCUT2D eigenvalue weighted by molar-refractivity contribution is 1.19. The lowest BCUT2D eigenvalue weighted by Gasteiger charge is -2.07. The number of halogens is 3. The molecule has 5 heteroatoms. The molecule has 0 amide bonds. The Morgan fingerprint density at radius 1 is 1.06 bits per heavy atom. The van der Waals surface area contributed by atoms with E-state index in [1.165, 1.54) is 0 Å². The summed E-state index contributed by atoms with van der Waals surface area (Å²) in [6.45, 7) is 0.692. The maximum Gasteiger partial charge on any atom is 0.0931 e. The molecule has 0 unspecified atom stereocenters. The molecule has 0 saturated heterocycles. The Morgan fingerprint density at radius 3 is 2.56 bits per heavy atom. The van der Waals surface area contributed by atoms with E-state index in [2.05, 4.69) is 5.32 Å². The fourth-order valence-corrected chi connectivity index (χ4v) is 2.66. The van der Waals surface area contributed by atoms with Gasteiger partial charge in [0.05, 0.1) is 20.1 Å². The van der Waals surface area contributed by atoms with E-state index in [4.69, 9.17) is 34.8 Å². The highest BCUT2D eigenvalue weighted by Crippen LogP contribution is 2.30. The van der Waals surface area contributed by atoms with Crippen molar-refractivity contribution in [1.82, 2.24) is 0 Å². The number of thiophene rings is 1. The number of hydrogen-bond acceptors (Lipinski definition) is 2. The molecule has 0 aliphatic rings. The van der Waals surface area contributed by atoms with Crippen LogP contribution in [0.3, 0.4) is 0 Å². The molecular formula is C11H8Cl3NS. The maximum absolute atomic E-state index is 6.05. The highest BCUT2D eigenvalue weighted by molar-refractivity contribution is 7.16. The molecule has 0 fully saturated rings. The Morgan fingerprint density at radius 2 is 1.88 bits per heavy atom. The summed E-state index contributed by atoms with van der Waals surface area (Å²) < 4.78 is 0.786. The summed E-state index contributed by atoms with van der Waals surface area (Å²) in [7, 11) is 0. The van der Waals surface area contributed by atoms with Crippen LogP contribution in [-0.4, -0.2) is 0 Å². The fraction of sp³-hybridized carbons (Fsp3) is 0.0909. The average Bonchev–Trinajstić information content (AvgIpc) is 2.67. The van der Waals surface area contributed by atoms with Crippen LogP contribution in [0, 0.1) is 0 Å². The third-order valence-corrected chi connectivity index (χ3v) is 4.08. The SMILES string of the molecule is Clc1ccc(CNc2cccc(Cl)c2Cl)s1. The molecule has 2 aromatic rings. The van der Waals surface area contributed by atoms with Gasteiger partial charge in [-0.05, 0) is 24.3 Å². The van der Waals surface area contributed by atoms with Gasteiger partial charge in [-0.2, -0.15) is 0 Å². The van der Waals surface area contributed by atoms with Crippen molar-refractivity contribution in [3.63, 3.8) is 0 Å². The van der Waals surface area contributed by atoms with Crippen LogP contribution in [0.1, 0.15) is 4.88 Å². The molecule has 16 heavy (non-hydrogen) atoms. The lowest BCUT2D eigenvalue weighted by Crippen LogP contribution is -1.97. The van der Waals surface area contributed by atoms with Crippen molar-refractivity contribution in [3.05, 3.63) is 49.6 Å². The van der Waals surface area contributed by atoms with Crippen LogP contribution in [-0.2, 0) is 6.54 Å². The van der Waals surface area contributed by atoms with Crippen LogP contribution in [0.25, 0.3) is 0 Å². The van der Waals surface area contributed by atoms with Crippen molar-refractivity contribution in [2.45, 2.75) is 6.54 Å². The second kappa shape index (κ2) is 5.28. The zero-order valence-electron chi connectivity index (χ0n) is 8.14. The molecule has 0 radical (unpaired) electrons. The molecule has 0 saturated carbocycles. The first-order valence-corrected chi connectivity index (χ1v) is 6.54. The normalized spacial score (nSPS) is 10.4. The Kier molecular flexibility index (Phi) is 3.98. The van der Waals surface area contributed by atoms with Gasteiger partial charge in [-0.3, -0.25) is 0 Å². The Balaban J connectivity index is 2.07. The molecule has 2 rings (SSSR count). The van der Waals surface area contributed by atoms with Gasteiger partial charge in [0.25, 0.3) is 0 Å². The maximum atomic E-state index is 6.05. The van der Waals surface area contributed by atoms with Crippen molar-refractivity contribution in [3.8, 4) is 0 Å². The molecule has 1 N–H and O–H groups in total. The van der Waals surface area contributed by atoms with Gasteiger partial charge >= 0.3 is 0 Å². The summed E-state index contributed by atoms with van der Waals surface area (Å²) in [6.07, 6.45) is 0. The highest BCUT2D eigenvalue weighted by atomic mass is 35.5. The Bertz CT molecular complexity index is 496. The van der Waals surface area contributed by atoms with Crippen molar-refractivity contribution in [1.29, 1.82) is 0 Å². The summed E-state index contributed by atoms with van der Waals surface area (Å²) in [5.74, 6) is 0. The summed E-state index contributed by atoms with van der Waals surface area (Å²) in [5, 5.41) is 4.32. The number of nitrogens with one attached hydrogen (secondary N) is 1. The minimum absolute atomic E-state index is 0.548. The van der Waals surface area contributed by atoms with E-state index < -0.39 is 0 Å². The summed E-state index contributed by atoms with van der Waals surface area (Å²) >= 11 is 19.3. The molecule has 1 aromatic carbocycles. The van der Waals surface area contributed by atoms with Crippen molar-refractivity contribution >= 4 is 51.8 Å². The van der Waals surface area contributed by atoms with Gasteiger partial charge in [0.2, 0.25) is 0 Å². The largest absolute Gasteiger partial charge is 0.379 e. The average molecular weight is 293 g/mol. The Hall–Kier alpha value is -0.410. The van der Waals surface area contributed by atoms with Gasteiger partial charge in [-0.1, -0.05) is 40.9 Å². The van der Waals surface area contributed by atoms with E-state index in [9.17, 15) is 0 Å². The molecule has 0 aliphatic heterocycles. The second-order valence-corrected chi connectivity index (χ2v) is 5.75. The van der Waals surface area contributed by atoms with Gasteiger partial charge in [-0.15, -0.1) is 11.3 Å². The predicted octanol–water partition coefficient (Wildman–Crippen LogP) is 5.32. The van der Waals surface area contributed by atoms with Crippen LogP contribution in [0.2, 0.25) is 14.4 Å². The Labute approximate surface area is 113 Å². The smallest absolute Gasteiger partial charge is 0.0931 e. The first kappa shape index (κ1) is 12.1.